The van der Waals surface area contributed by atoms with Crippen molar-refractivity contribution in [3.8, 4) is 0 Å². The van der Waals surface area contributed by atoms with Gasteiger partial charge in [-0.15, -0.1) is 0 Å². The van der Waals surface area contributed by atoms with Crippen molar-refractivity contribution in [2.24, 2.45) is 0 Å². The van der Waals surface area contributed by atoms with Crippen LogP contribution in [0.4, 0.5) is 0 Å². The van der Waals surface area contributed by atoms with E-state index in [1.165, 1.54) is 10.5 Å². The van der Waals surface area contributed by atoms with E-state index in [1.807, 2.05) is 6.92 Å². The first-order valence-corrected chi connectivity index (χ1v) is 8.32. The third-order valence-electron chi connectivity index (χ3n) is 3.43. The fraction of sp³-hybridized carbons (Fsp3) is 0.357. The first-order valence-electron chi connectivity index (χ1n) is 6.88. The van der Waals surface area contributed by atoms with Crippen molar-refractivity contribution in [1.82, 2.24) is 19.3 Å². The molecule has 0 aliphatic carbocycles. The first kappa shape index (κ1) is 15.0. The molecule has 0 saturated carbocycles. The monoisotopic (exact) mass is 320 g/mol. The quantitative estimate of drug-likeness (QED) is 0.837. The van der Waals surface area contributed by atoms with Crippen LogP contribution in [0.25, 0.3) is 0 Å². The molecular formula is C14H16N4O3S. The molecule has 1 aliphatic heterocycles. The molecule has 0 aromatic carbocycles. The molecule has 1 aliphatic rings. The van der Waals surface area contributed by atoms with Crippen LogP contribution in [0.5, 0.6) is 0 Å². The standard InChI is InChI=1S/C14H16N4O3S/c1-11-7-17-13(9-16-11)14-10-18(5-6-21-14)22(19,20)12-3-2-4-15-8-12/h2-4,7-9,14H,5-6,10H2,1H3/t14-/m1/s1. The van der Waals surface area contributed by atoms with E-state index in [9.17, 15) is 8.42 Å². The van der Waals surface area contributed by atoms with Gasteiger partial charge in [-0.2, -0.15) is 4.31 Å². The average Bonchev–Trinajstić information content (AvgIpc) is 2.56. The number of pyridine rings is 1. The van der Waals surface area contributed by atoms with Gasteiger partial charge in [-0.05, 0) is 19.1 Å². The van der Waals surface area contributed by atoms with Crippen LogP contribution >= 0.6 is 0 Å². The van der Waals surface area contributed by atoms with E-state index < -0.39 is 16.1 Å². The summed E-state index contributed by atoms with van der Waals surface area (Å²) in [6.07, 6.45) is 5.76. The minimum atomic E-state index is -3.57. The summed E-state index contributed by atoms with van der Waals surface area (Å²) in [5.41, 5.74) is 1.44. The highest BCUT2D eigenvalue weighted by atomic mass is 32.2. The predicted octanol–water partition coefficient (Wildman–Crippen LogP) is 0.942. The van der Waals surface area contributed by atoms with Crippen LogP contribution in [0.3, 0.4) is 0 Å². The lowest BCUT2D eigenvalue weighted by atomic mass is 10.2. The van der Waals surface area contributed by atoms with Gasteiger partial charge in [0.1, 0.15) is 11.0 Å². The van der Waals surface area contributed by atoms with Crippen molar-refractivity contribution in [3.05, 3.63) is 48.3 Å². The van der Waals surface area contributed by atoms with Gasteiger partial charge < -0.3 is 4.74 Å². The molecule has 7 nitrogen and oxygen atoms in total. The molecule has 0 amide bonds. The van der Waals surface area contributed by atoms with Gasteiger partial charge in [-0.3, -0.25) is 15.0 Å². The molecule has 0 radical (unpaired) electrons. The van der Waals surface area contributed by atoms with E-state index in [-0.39, 0.29) is 11.4 Å². The van der Waals surface area contributed by atoms with E-state index >= 15 is 0 Å². The normalized spacial score (nSPS) is 20.0. The minimum Gasteiger partial charge on any atom is -0.369 e. The Morgan fingerprint density at radius 1 is 1.27 bits per heavy atom. The second-order valence-corrected chi connectivity index (χ2v) is 6.93. The number of ether oxygens (including phenoxy) is 1. The van der Waals surface area contributed by atoms with Crippen LogP contribution in [-0.4, -0.2) is 47.4 Å². The summed E-state index contributed by atoms with van der Waals surface area (Å²) < 4.78 is 32.3. The van der Waals surface area contributed by atoms with Crippen molar-refractivity contribution in [2.45, 2.75) is 17.9 Å². The zero-order valence-electron chi connectivity index (χ0n) is 12.1. The summed E-state index contributed by atoms with van der Waals surface area (Å²) in [7, 11) is -3.57. The second-order valence-electron chi connectivity index (χ2n) is 4.99. The SMILES string of the molecule is Cc1cnc([C@H]2CN(S(=O)(=O)c3cccnc3)CCO2)cn1. The van der Waals surface area contributed by atoms with Crippen LogP contribution in [-0.2, 0) is 14.8 Å². The molecule has 3 heterocycles. The fourth-order valence-corrected chi connectivity index (χ4v) is 3.63. The molecule has 8 heteroatoms. The highest BCUT2D eigenvalue weighted by Gasteiger charge is 2.32. The van der Waals surface area contributed by atoms with Gasteiger partial charge in [-0.1, -0.05) is 0 Å². The van der Waals surface area contributed by atoms with E-state index in [1.54, 1.807) is 30.7 Å². The van der Waals surface area contributed by atoms with Gasteiger partial charge >= 0.3 is 0 Å². The maximum absolute atomic E-state index is 12.6. The lowest BCUT2D eigenvalue weighted by Crippen LogP contribution is -2.42. The molecule has 2 aromatic rings. The first-order chi connectivity index (χ1) is 10.6. The molecule has 1 fully saturated rings. The van der Waals surface area contributed by atoms with Gasteiger partial charge in [0.05, 0.1) is 24.2 Å². The molecule has 3 rings (SSSR count). The number of hydrogen-bond donors (Lipinski definition) is 0. The summed E-state index contributed by atoms with van der Waals surface area (Å²) in [5, 5.41) is 0. The Kier molecular flexibility index (Phi) is 4.14. The number of morpholine rings is 1. The Hall–Kier alpha value is -1.90. The Morgan fingerprint density at radius 2 is 2.14 bits per heavy atom. The lowest BCUT2D eigenvalue weighted by molar-refractivity contribution is -0.00516. The molecule has 0 bridgehead atoms. The zero-order valence-corrected chi connectivity index (χ0v) is 12.9. The largest absolute Gasteiger partial charge is 0.369 e. The lowest BCUT2D eigenvalue weighted by Gasteiger charge is -2.31. The highest BCUT2D eigenvalue weighted by molar-refractivity contribution is 7.89. The van der Waals surface area contributed by atoms with Gasteiger partial charge in [-0.25, -0.2) is 8.42 Å². The second kappa shape index (κ2) is 6.07. The van der Waals surface area contributed by atoms with Crippen molar-refractivity contribution in [2.75, 3.05) is 19.7 Å². The summed E-state index contributed by atoms with van der Waals surface area (Å²) in [5.74, 6) is 0. The highest BCUT2D eigenvalue weighted by Crippen LogP contribution is 2.24. The Morgan fingerprint density at radius 3 is 2.82 bits per heavy atom. The van der Waals surface area contributed by atoms with E-state index in [4.69, 9.17) is 4.74 Å². The summed E-state index contributed by atoms with van der Waals surface area (Å²) in [6.45, 7) is 2.69. The molecule has 0 N–H and O–H groups in total. The molecular weight excluding hydrogens is 304 g/mol. The van der Waals surface area contributed by atoms with Crippen LogP contribution in [0, 0.1) is 6.92 Å². The third kappa shape index (κ3) is 2.99. The number of hydrogen-bond acceptors (Lipinski definition) is 6. The van der Waals surface area contributed by atoms with Gasteiger partial charge in [0, 0.05) is 31.7 Å². The average molecular weight is 320 g/mol. The van der Waals surface area contributed by atoms with E-state index in [0.717, 1.165) is 5.69 Å². The Bertz CT molecular complexity index is 734. The van der Waals surface area contributed by atoms with Crippen molar-refractivity contribution in [3.63, 3.8) is 0 Å². The molecule has 1 saturated heterocycles. The maximum Gasteiger partial charge on any atom is 0.244 e. The third-order valence-corrected chi connectivity index (χ3v) is 5.28. The van der Waals surface area contributed by atoms with E-state index in [2.05, 4.69) is 15.0 Å². The van der Waals surface area contributed by atoms with Crippen molar-refractivity contribution in [1.29, 1.82) is 0 Å². The van der Waals surface area contributed by atoms with Crippen LogP contribution in [0.1, 0.15) is 17.5 Å². The maximum atomic E-state index is 12.6. The smallest absolute Gasteiger partial charge is 0.244 e. The molecule has 2 aromatic heterocycles. The molecule has 22 heavy (non-hydrogen) atoms. The van der Waals surface area contributed by atoms with Crippen LogP contribution < -0.4 is 0 Å². The van der Waals surface area contributed by atoms with Crippen LogP contribution in [0.15, 0.2) is 41.8 Å². The number of aromatic nitrogens is 3. The topological polar surface area (TPSA) is 85.3 Å². The van der Waals surface area contributed by atoms with E-state index in [0.29, 0.717) is 18.8 Å². The Balaban J connectivity index is 1.82. The number of nitrogens with zero attached hydrogens (tertiary/aromatic N) is 4. The van der Waals surface area contributed by atoms with Gasteiger partial charge in [0.25, 0.3) is 0 Å². The molecule has 1 atom stereocenters. The van der Waals surface area contributed by atoms with Crippen LogP contribution in [0.2, 0.25) is 0 Å². The molecule has 116 valence electrons. The number of aryl methyl sites for hydroxylation is 1. The van der Waals surface area contributed by atoms with Gasteiger partial charge in [0.15, 0.2) is 0 Å². The minimum absolute atomic E-state index is 0.186. The molecule has 0 unspecified atom stereocenters. The summed E-state index contributed by atoms with van der Waals surface area (Å²) in [6, 6.07) is 3.15. The van der Waals surface area contributed by atoms with Crippen molar-refractivity contribution >= 4 is 10.0 Å². The van der Waals surface area contributed by atoms with Crippen molar-refractivity contribution < 1.29 is 13.2 Å². The van der Waals surface area contributed by atoms with Gasteiger partial charge in [0.2, 0.25) is 10.0 Å². The fourth-order valence-electron chi connectivity index (χ4n) is 2.24. The predicted molar refractivity (Wildman–Crippen MR) is 78.5 cm³/mol. The Labute approximate surface area is 129 Å². The zero-order chi connectivity index (χ0) is 15.6. The number of rotatable bonds is 3. The summed E-state index contributed by atoms with van der Waals surface area (Å²) in [4.78, 5) is 12.5. The molecule has 0 spiro atoms. The number of sulfonamides is 1. The summed E-state index contributed by atoms with van der Waals surface area (Å²) >= 11 is 0.